The van der Waals surface area contributed by atoms with Gasteiger partial charge in [0, 0.05) is 17.3 Å². The van der Waals surface area contributed by atoms with Gasteiger partial charge >= 0.3 is 6.18 Å². The molecule has 9 heteroatoms. The van der Waals surface area contributed by atoms with Crippen LogP contribution in [0.5, 0.6) is 0 Å². The molecule has 1 heterocycles. The van der Waals surface area contributed by atoms with Gasteiger partial charge in [0.25, 0.3) is 5.60 Å². The highest BCUT2D eigenvalue weighted by molar-refractivity contribution is 9.09. The molecule has 0 radical (unpaired) electrons. The van der Waals surface area contributed by atoms with Gasteiger partial charge in [0.2, 0.25) is 0 Å². The molecule has 1 aliphatic rings. The number of halogens is 7. The van der Waals surface area contributed by atoms with E-state index in [0.29, 0.717) is 0 Å². The van der Waals surface area contributed by atoms with Crippen molar-refractivity contribution in [2.24, 2.45) is 5.16 Å². The zero-order chi connectivity index (χ0) is 15.1. The summed E-state index contributed by atoms with van der Waals surface area (Å²) in [6.07, 6.45) is -5.11. The van der Waals surface area contributed by atoms with Crippen LogP contribution in [0.4, 0.5) is 13.2 Å². The average Bonchev–Trinajstić information content (AvgIpc) is 2.80. The third kappa shape index (κ3) is 2.63. The first kappa shape index (κ1) is 16.2. The Hall–Kier alpha value is -0.170. The van der Waals surface area contributed by atoms with Crippen molar-refractivity contribution in [1.29, 1.82) is 0 Å². The summed E-state index contributed by atoms with van der Waals surface area (Å²) < 4.78 is 40.3. The van der Waals surface area contributed by atoms with Crippen LogP contribution in [0.25, 0.3) is 0 Å². The molecule has 0 saturated heterocycles. The average molecular weight is 411 g/mol. The van der Waals surface area contributed by atoms with Crippen LogP contribution in [0.15, 0.2) is 17.3 Å². The minimum absolute atomic E-state index is 0.00552. The fourth-order valence-electron chi connectivity index (χ4n) is 1.83. The molecular formula is C11H6BrCl3F3NO. The van der Waals surface area contributed by atoms with Crippen LogP contribution in [0.1, 0.15) is 12.0 Å². The van der Waals surface area contributed by atoms with Gasteiger partial charge in [-0.2, -0.15) is 13.2 Å². The minimum atomic E-state index is -4.68. The summed E-state index contributed by atoms with van der Waals surface area (Å²) in [6.45, 7) is 0. The van der Waals surface area contributed by atoms with E-state index in [1.807, 2.05) is 0 Å². The molecule has 20 heavy (non-hydrogen) atoms. The van der Waals surface area contributed by atoms with E-state index in [9.17, 15) is 13.2 Å². The van der Waals surface area contributed by atoms with E-state index < -0.39 is 18.2 Å². The summed E-state index contributed by atoms with van der Waals surface area (Å²) in [4.78, 5) is 4.72. The third-order valence-electron chi connectivity index (χ3n) is 2.85. The molecule has 0 spiro atoms. The minimum Gasteiger partial charge on any atom is -0.374 e. The van der Waals surface area contributed by atoms with Crippen LogP contribution in [-0.2, 0) is 10.4 Å². The summed E-state index contributed by atoms with van der Waals surface area (Å²) in [5.41, 5.74) is -2.58. The molecule has 0 saturated carbocycles. The highest BCUT2D eigenvalue weighted by Crippen LogP contribution is 2.50. The van der Waals surface area contributed by atoms with Crippen LogP contribution in [0.3, 0.4) is 0 Å². The van der Waals surface area contributed by atoms with Crippen LogP contribution in [0, 0.1) is 0 Å². The number of hydrogen-bond acceptors (Lipinski definition) is 2. The zero-order valence-electron chi connectivity index (χ0n) is 9.57. The number of rotatable bonds is 2. The van der Waals surface area contributed by atoms with Gasteiger partial charge in [-0.05, 0) is 12.1 Å². The van der Waals surface area contributed by atoms with E-state index in [-0.39, 0.29) is 31.7 Å². The van der Waals surface area contributed by atoms with Gasteiger partial charge < -0.3 is 4.84 Å². The molecule has 1 unspecified atom stereocenters. The standard InChI is InChI=1S/C11H6BrCl3F3NO/c12-4-6-3-10(20-19-6,11(16,17)18)5-1-7(13)9(15)8(14)2-5/h1-2H,3-4H2. The summed E-state index contributed by atoms with van der Waals surface area (Å²) in [7, 11) is 0. The van der Waals surface area contributed by atoms with E-state index in [2.05, 4.69) is 21.1 Å². The first-order chi connectivity index (χ1) is 9.21. The molecule has 1 aromatic carbocycles. The van der Waals surface area contributed by atoms with Crippen LogP contribution in [0.2, 0.25) is 15.1 Å². The zero-order valence-corrected chi connectivity index (χ0v) is 13.4. The molecule has 1 aliphatic heterocycles. The lowest BCUT2D eigenvalue weighted by Gasteiger charge is -2.29. The molecule has 2 nitrogen and oxygen atoms in total. The molecule has 0 fully saturated rings. The highest BCUT2D eigenvalue weighted by Gasteiger charge is 2.62. The maximum Gasteiger partial charge on any atom is 0.435 e. The predicted octanol–water partition coefficient (Wildman–Crippen LogP) is 5.58. The summed E-state index contributed by atoms with van der Waals surface area (Å²) in [5, 5.41) is 3.49. The summed E-state index contributed by atoms with van der Waals surface area (Å²) in [6, 6.07) is 2.19. The molecule has 0 N–H and O–H groups in total. The van der Waals surface area contributed by atoms with Crippen molar-refractivity contribution in [3.63, 3.8) is 0 Å². The lowest BCUT2D eigenvalue weighted by Crippen LogP contribution is -2.42. The molecule has 0 aliphatic carbocycles. The summed E-state index contributed by atoms with van der Waals surface area (Å²) in [5.74, 6) is 0. The maximum atomic E-state index is 13.4. The van der Waals surface area contributed by atoms with Crippen molar-refractivity contribution in [1.82, 2.24) is 0 Å². The van der Waals surface area contributed by atoms with E-state index in [4.69, 9.17) is 39.6 Å². The molecular weight excluding hydrogens is 405 g/mol. The van der Waals surface area contributed by atoms with E-state index >= 15 is 0 Å². The van der Waals surface area contributed by atoms with Gasteiger partial charge in [0.15, 0.2) is 0 Å². The van der Waals surface area contributed by atoms with Gasteiger partial charge in [0.1, 0.15) is 0 Å². The Morgan fingerprint density at radius 2 is 1.80 bits per heavy atom. The van der Waals surface area contributed by atoms with Crippen molar-refractivity contribution in [3.8, 4) is 0 Å². The molecule has 0 aromatic heterocycles. The fourth-order valence-corrected chi connectivity index (χ4v) is 2.72. The largest absolute Gasteiger partial charge is 0.435 e. The van der Waals surface area contributed by atoms with Gasteiger partial charge in [-0.3, -0.25) is 0 Å². The van der Waals surface area contributed by atoms with Gasteiger partial charge in [-0.15, -0.1) is 0 Å². The van der Waals surface area contributed by atoms with E-state index in [1.165, 1.54) is 0 Å². The Bertz CT molecular complexity index is 556. The van der Waals surface area contributed by atoms with Gasteiger partial charge in [0.05, 0.1) is 20.8 Å². The third-order valence-corrected chi connectivity index (χ3v) is 4.69. The second-order valence-corrected chi connectivity index (χ2v) is 5.89. The van der Waals surface area contributed by atoms with E-state index in [0.717, 1.165) is 12.1 Å². The SMILES string of the molecule is FC(F)(F)C1(c2cc(Cl)c(Cl)c(Cl)c2)CC(CBr)=NO1. The second kappa shape index (κ2) is 5.55. The predicted molar refractivity (Wildman–Crippen MR) is 76.1 cm³/mol. The summed E-state index contributed by atoms with van der Waals surface area (Å²) >= 11 is 20.4. The Balaban J connectivity index is 2.55. The smallest absolute Gasteiger partial charge is 0.374 e. The quantitative estimate of drug-likeness (QED) is 0.460. The molecule has 1 aromatic rings. The van der Waals surface area contributed by atoms with Gasteiger partial charge in [-0.1, -0.05) is 55.9 Å². The molecule has 1 atom stereocenters. The Kier molecular flexibility index (Phi) is 4.50. The molecule has 0 amide bonds. The fraction of sp³-hybridized carbons (Fsp3) is 0.364. The number of oxime groups is 1. The van der Waals surface area contributed by atoms with Crippen molar-refractivity contribution in [2.45, 2.75) is 18.2 Å². The number of benzene rings is 1. The lowest BCUT2D eigenvalue weighted by atomic mass is 9.88. The normalized spacial score (nSPS) is 22.6. The number of hydrogen-bond donors (Lipinski definition) is 0. The number of nitrogens with zero attached hydrogens (tertiary/aromatic N) is 1. The monoisotopic (exact) mass is 409 g/mol. The molecule has 2 rings (SSSR count). The maximum absolute atomic E-state index is 13.4. The lowest BCUT2D eigenvalue weighted by molar-refractivity contribution is -0.275. The second-order valence-electron chi connectivity index (χ2n) is 4.14. The molecule has 110 valence electrons. The van der Waals surface area contributed by atoms with Crippen molar-refractivity contribution in [3.05, 3.63) is 32.8 Å². The van der Waals surface area contributed by atoms with Crippen molar-refractivity contribution < 1.29 is 18.0 Å². The Morgan fingerprint density at radius 1 is 1.25 bits per heavy atom. The Morgan fingerprint density at radius 3 is 2.20 bits per heavy atom. The van der Waals surface area contributed by atoms with Crippen LogP contribution >= 0.6 is 50.7 Å². The first-order valence-electron chi connectivity index (χ1n) is 5.23. The van der Waals surface area contributed by atoms with Crippen LogP contribution in [-0.4, -0.2) is 17.2 Å². The highest BCUT2D eigenvalue weighted by atomic mass is 79.9. The van der Waals surface area contributed by atoms with Crippen LogP contribution < -0.4 is 0 Å². The van der Waals surface area contributed by atoms with Crippen molar-refractivity contribution in [2.75, 3.05) is 5.33 Å². The van der Waals surface area contributed by atoms with Gasteiger partial charge in [-0.25, -0.2) is 0 Å². The van der Waals surface area contributed by atoms with E-state index in [1.54, 1.807) is 0 Å². The van der Waals surface area contributed by atoms with Crippen molar-refractivity contribution >= 4 is 56.4 Å². The first-order valence-corrected chi connectivity index (χ1v) is 7.48. The topological polar surface area (TPSA) is 21.6 Å². The Labute approximate surface area is 135 Å². The number of alkyl halides is 4. The molecule has 0 bridgehead atoms.